The number of hydrogen-bond acceptors (Lipinski definition) is 1. The molecule has 5 heteroatoms. The third kappa shape index (κ3) is 3.20. The summed E-state index contributed by atoms with van der Waals surface area (Å²) in [6, 6.07) is 10.3. The third-order valence-corrected chi connectivity index (χ3v) is 5.20. The number of alkyl halides is 3. The number of halogens is 4. The van der Waals surface area contributed by atoms with E-state index in [0.717, 1.165) is 16.7 Å². The lowest BCUT2D eigenvalue weighted by Gasteiger charge is -2.32. The van der Waals surface area contributed by atoms with E-state index in [-0.39, 0.29) is 18.5 Å². The normalized spacial score (nSPS) is 20.7. The molecule has 0 bridgehead atoms. The molecule has 2 aromatic rings. The van der Waals surface area contributed by atoms with Gasteiger partial charge in [-0.05, 0) is 66.8 Å². The van der Waals surface area contributed by atoms with Crippen molar-refractivity contribution in [1.82, 2.24) is 0 Å². The third-order valence-electron chi connectivity index (χ3n) is 4.99. The first-order chi connectivity index (χ1) is 11.6. The van der Waals surface area contributed by atoms with E-state index in [4.69, 9.17) is 11.6 Å². The molecular weight excluding hydrogens is 347 g/mol. The van der Waals surface area contributed by atoms with E-state index < -0.39 is 11.6 Å². The van der Waals surface area contributed by atoms with Crippen LogP contribution in [0.4, 0.5) is 13.2 Å². The van der Waals surface area contributed by atoms with Crippen molar-refractivity contribution in [3.05, 3.63) is 69.2 Å². The molecule has 25 heavy (non-hydrogen) atoms. The zero-order valence-electron chi connectivity index (χ0n) is 14.3. The van der Waals surface area contributed by atoms with Gasteiger partial charge >= 0.3 is 6.18 Å². The van der Waals surface area contributed by atoms with Crippen LogP contribution in [0, 0.1) is 20.8 Å². The Morgan fingerprint density at radius 3 is 2.32 bits per heavy atom. The standard InChI is InChI=1S/C20H19ClF3N/c1-12-6-16(9-17(21)7-12)19(20(22,23)24)10-18(25-11-19)15-5-4-13(2)14(3)8-15/h4-9H,10-11H2,1-3H3. The molecule has 1 atom stereocenters. The van der Waals surface area contributed by atoms with Crippen LogP contribution >= 0.6 is 11.6 Å². The number of aliphatic imine (C=N–C) groups is 1. The molecule has 0 spiro atoms. The van der Waals surface area contributed by atoms with Gasteiger partial charge in [-0.2, -0.15) is 13.2 Å². The predicted molar refractivity (Wildman–Crippen MR) is 95.9 cm³/mol. The average Bonchev–Trinajstić information content (AvgIpc) is 2.95. The van der Waals surface area contributed by atoms with E-state index in [1.54, 1.807) is 19.1 Å². The van der Waals surface area contributed by atoms with Gasteiger partial charge in [-0.15, -0.1) is 0 Å². The SMILES string of the molecule is Cc1cc(Cl)cc(C2(C(F)(F)F)CN=C(c3ccc(C)c(C)c3)C2)c1. The second-order valence-electron chi connectivity index (χ2n) is 6.84. The molecule has 1 aliphatic rings. The maximum Gasteiger partial charge on any atom is 0.400 e. The highest BCUT2D eigenvalue weighted by atomic mass is 35.5. The Balaban J connectivity index is 2.04. The second-order valence-corrected chi connectivity index (χ2v) is 7.27. The molecule has 2 aromatic carbocycles. The molecule has 1 unspecified atom stereocenters. The van der Waals surface area contributed by atoms with Gasteiger partial charge in [-0.3, -0.25) is 4.99 Å². The van der Waals surface area contributed by atoms with Crippen molar-refractivity contribution in [3.8, 4) is 0 Å². The number of rotatable bonds is 2. The van der Waals surface area contributed by atoms with Crippen LogP contribution in [-0.4, -0.2) is 18.4 Å². The van der Waals surface area contributed by atoms with Gasteiger partial charge in [0.15, 0.2) is 0 Å². The number of hydrogen-bond donors (Lipinski definition) is 0. The highest BCUT2D eigenvalue weighted by molar-refractivity contribution is 6.30. The molecule has 1 nitrogen and oxygen atoms in total. The van der Waals surface area contributed by atoms with E-state index in [9.17, 15) is 13.2 Å². The fraction of sp³-hybridized carbons (Fsp3) is 0.350. The second kappa shape index (κ2) is 6.17. The smallest absolute Gasteiger partial charge is 0.288 e. The van der Waals surface area contributed by atoms with Crippen molar-refractivity contribution in [2.45, 2.75) is 38.8 Å². The lowest BCUT2D eigenvalue weighted by Crippen LogP contribution is -2.43. The summed E-state index contributed by atoms with van der Waals surface area (Å²) in [5.41, 5.74) is 2.29. The predicted octanol–water partition coefficient (Wildman–Crippen LogP) is 5.96. The van der Waals surface area contributed by atoms with Gasteiger partial charge in [-0.1, -0.05) is 29.8 Å². The van der Waals surface area contributed by atoms with Crippen LogP contribution in [0.3, 0.4) is 0 Å². The Morgan fingerprint density at radius 1 is 1.00 bits per heavy atom. The molecule has 0 fully saturated rings. The first kappa shape index (κ1) is 18.0. The van der Waals surface area contributed by atoms with Crippen LogP contribution in [0.2, 0.25) is 5.02 Å². The lowest BCUT2D eigenvalue weighted by molar-refractivity contribution is -0.183. The minimum absolute atomic E-state index is 0.168. The van der Waals surface area contributed by atoms with Crippen molar-refractivity contribution in [3.63, 3.8) is 0 Å². The molecule has 0 amide bonds. The largest absolute Gasteiger partial charge is 0.400 e. The lowest BCUT2D eigenvalue weighted by atomic mass is 9.76. The monoisotopic (exact) mass is 365 g/mol. The molecule has 132 valence electrons. The van der Waals surface area contributed by atoms with E-state index in [2.05, 4.69) is 4.99 Å². The Bertz CT molecular complexity index is 834. The zero-order chi connectivity index (χ0) is 18.4. The summed E-state index contributed by atoms with van der Waals surface area (Å²) in [6.07, 6.45) is -4.58. The van der Waals surface area contributed by atoms with Gasteiger partial charge in [0.25, 0.3) is 0 Å². The highest BCUT2D eigenvalue weighted by Crippen LogP contribution is 2.48. The summed E-state index contributed by atoms with van der Waals surface area (Å²) in [4.78, 5) is 4.29. The first-order valence-corrected chi connectivity index (χ1v) is 8.45. The van der Waals surface area contributed by atoms with E-state index in [1.165, 1.54) is 6.07 Å². The van der Waals surface area contributed by atoms with Crippen LogP contribution in [-0.2, 0) is 5.41 Å². The summed E-state index contributed by atoms with van der Waals surface area (Å²) in [5.74, 6) is 0. The fourth-order valence-electron chi connectivity index (χ4n) is 3.30. The molecule has 1 aliphatic heterocycles. The molecule has 3 rings (SSSR count). The van der Waals surface area contributed by atoms with Crippen LogP contribution in [0.1, 0.15) is 34.2 Å². The van der Waals surface area contributed by atoms with Gasteiger partial charge in [0.05, 0.1) is 6.54 Å². The van der Waals surface area contributed by atoms with Crippen molar-refractivity contribution >= 4 is 17.3 Å². The summed E-state index contributed by atoms with van der Waals surface area (Å²) in [5, 5.41) is 0.318. The first-order valence-electron chi connectivity index (χ1n) is 8.08. The van der Waals surface area contributed by atoms with Gasteiger partial charge in [0, 0.05) is 17.2 Å². The van der Waals surface area contributed by atoms with Gasteiger partial charge in [-0.25, -0.2) is 0 Å². The van der Waals surface area contributed by atoms with Crippen LogP contribution in [0.5, 0.6) is 0 Å². The summed E-state index contributed by atoms with van der Waals surface area (Å²) in [7, 11) is 0. The quantitative estimate of drug-likeness (QED) is 0.622. The van der Waals surface area contributed by atoms with Crippen molar-refractivity contribution in [2.24, 2.45) is 4.99 Å². The van der Waals surface area contributed by atoms with Crippen molar-refractivity contribution in [1.29, 1.82) is 0 Å². The molecule has 1 heterocycles. The van der Waals surface area contributed by atoms with E-state index >= 15 is 0 Å². The molecule has 0 N–H and O–H groups in total. The van der Waals surface area contributed by atoms with Gasteiger partial charge in [0.2, 0.25) is 0 Å². The van der Waals surface area contributed by atoms with Crippen LogP contribution < -0.4 is 0 Å². The minimum Gasteiger partial charge on any atom is -0.288 e. The number of nitrogens with zero attached hydrogens (tertiary/aromatic N) is 1. The topological polar surface area (TPSA) is 12.4 Å². The molecular formula is C20H19ClF3N. The average molecular weight is 366 g/mol. The van der Waals surface area contributed by atoms with Gasteiger partial charge in [0.1, 0.15) is 5.41 Å². The summed E-state index contributed by atoms with van der Waals surface area (Å²) < 4.78 is 42.2. The number of benzene rings is 2. The van der Waals surface area contributed by atoms with Crippen molar-refractivity contribution < 1.29 is 13.2 Å². The van der Waals surface area contributed by atoms with Gasteiger partial charge < -0.3 is 0 Å². The Hall–Kier alpha value is -1.81. The molecule has 0 aromatic heterocycles. The summed E-state index contributed by atoms with van der Waals surface area (Å²) >= 11 is 6.03. The van der Waals surface area contributed by atoms with Crippen LogP contribution in [0.15, 0.2) is 41.4 Å². The van der Waals surface area contributed by atoms with Crippen molar-refractivity contribution in [2.75, 3.05) is 6.54 Å². The maximum atomic E-state index is 14.1. The van der Waals surface area contributed by atoms with E-state index in [0.29, 0.717) is 16.3 Å². The Labute approximate surface area is 150 Å². The zero-order valence-corrected chi connectivity index (χ0v) is 15.1. The Kier molecular flexibility index (Phi) is 4.44. The number of aryl methyl sites for hydroxylation is 3. The van der Waals surface area contributed by atoms with E-state index in [1.807, 2.05) is 32.0 Å². The highest BCUT2D eigenvalue weighted by Gasteiger charge is 2.58. The molecule has 0 saturated carbocycles. The minimum atomic E-state index is -4.41. The maximum absolute atomic E-state index is 14.1. The molecule has 0 aliphatic carbocycles. The van der Waals surface area contributed by atoms with Crippen LogP contribution in [0.25, 0.3) is 0 Å². The molecule has 0 radical (unpaired) electrons. The fourth-order valence-corrected chi connectivity index (χ4v) is 3.59. The summed E-state index contributed by atoms with van der Waals surface area (Å²) in [6.45, 7) is 5.37. The molecule has 0 saturated heterocycles. The Morgan fingerprint density at radius 2 is 1.72 bits per heavy atom.